The van der Waals surface area contributed by atoms with Gasteiger partial charge in [-0.15, -0.1) is 10.2 Å². The number of aromatic nitrogens is 2. The molecule has 3 rings (SSSR count). The van der Waals surface area contributed by atoms with Gasteiger partial charge in [-0.25, -0.2) is 8.42 Å². The fourth-order valence-corrected chi connectivity index (χ4v) is 3.93. The molecule has 1 aliphatic carbocycles. The molecule has 0 spiro atoms. The van der Waals surface area contributed by atoms with Crippen molar-refractivity contribution in [1.82, 2.24) is 10.2 Å². The zero-order valence-corrected chi connectivity index (χ0v) is 15.5. The van der Waals surface area contributed by atoms with Crippen LogP contribution in [-0.4, -0.2) is 38.9 Å². The van der Waals surface area contributed by atoms with Crippen LogP contribution < -0.4 is 19.5 Å². The highest BCUT2D eigenvalue weighted by molar-refractivity contribution is 7.92. The van der Waals surface area contributed by atoms with Gasteiger partial charge >= 0.3 is 0 Å². The van der Waals surface area contributed by atoms with Crippen molar-refractivity contribution in [2.24, 2.45) is 0 Å². The van der Waals surface area contributed by atoms with Gasteiger partial charge in [-0.05, 0) is 37.1 Å². The summed E-state index contributed by atoms with van der Waals surface area (Å²) in [6, 6.07) is 8.09. The van der Waals surface area contributed by atoms with E-state index in [4.69, 9.17) is 9.47 Å². The molecule has 26 heavy (non-hydrogen) atoms. The van der Waals surface area contributed by atoms with Crippen LogP contribution in [0.3, 0.4) is 0 Å². The van der Waals surface area contributed by atoms with Crippen molar-refractivity contribution in [2.45, 2.75) is 36.6 Å². The second-order valence-electron chi connectivity index (χ2n) is 6.05. The fourth-order valence-electron chi connectivity index (χ4n) is 2.92. The van der Waals surface area contributed by atoms with E-state index in [-0.39, 0.29) is 10.7 Å². The summed E-state index contributed by atoms with van der Waals surface area (Å²) < 4.78 is 37.8. The molecule has 0 radical (unpaired) electrons. The Morgan fingerprint density at radius 3 is 2.23 bits per heavy atom. The third-order valence-electron chi connectivity index (χ3n) is 4.28. The molecule has 1 heterocycles. The largest absolute Gasteiger partial charge is 0.493 e. The molecular formula is C17H22N4O4S. The maximum absolute atomic E-state index is 12.5. The number of hydrogen-bond acceptors (Lipinski definition) is 7. The van der Waals surface area contributed by atoms with E-state index >= 15 is 0 Å². The van der Waals surface area contributed by atoms with Gasteiger partial charge in [-0.3, -0.25) is 4.72 Å². The molecule has 1 fully saturated rings. The molecule has 2 aromatic rings. The first-order chi connectivity index (χ1) is 12.5. The average Bonchev–Trinajstić information content (AvgIpc) is 3.15. The number of nitrogens with one attached hydrogen (secondary N) is 2. The number of nitrogens with zero attached hydrogens (tertiary/aromatic N) is 2. The van der Waals surface area contributed by atoms with Gasteiger partial charge in [0.1, 0.15) is 5.82 Å². The molecule has 0 saturated heterocycles. The van der Waals surface area contributed by atoms with Crippen LogP contribution in [0.5, 0.6) is 11.5 Å². The number of ether oxygens (including phenoxy) is 2. The van der Waals surface area contributed by atoms with Crippen molar-refractivity contribution in [1.29, 1.82) is 0 Å². The minimum absolute atomic E-state index is 0.0464. The molecule has 140 valence electrons. The number of anilines is 2. The molecule has 0 atom stereocenters. The lowest BCUT2D eigenvalue weighted by molar-refractivity contribution is 0.354. The Kier molecular flexibility index (Phi) is 5.46. The lowest BCUT2D eigenvalue weighted by atomic mass is 10.2. The minimum atomic E-state index is -3.81. The summed E-state index contributed by atoms with van der Waals surface area (Å²) in [7, 11) is -0.880. The molecule has 2 N–H and O–H groups in total. The Balaban J connectivity index is 1.72. The summed E-state index contributed by atoms with van der Waals surface area (Å²) in [5.74, 6) is 1.58. The highest BCUT2D eigenvalue weighted by atomic mass is 32.2. The first-order valence-corrected chi connectivity index (χ1v) is 9.85. The van der Waals surface area contributed by atoms with E-state index < -0.39 is 10.0 Å². The molecular weight excluding hydrogens is 356 g/mol. The molecule has 8 nitrogen and oxygen atoms in total. The van der Waals surface area contributed by atoms with E-state index in [1.807, 2.05) is 0 Å². The van der Waals surface area contributed by atoms with Crippen LogP contribution in [0.2, 0.25) is 0 Å². The molecule has 9 heteroatoms. The monoisotopic (exact) mass is 378 g/mol. The van der Waals surface area contributed by atoms with Gasteiger partial charge in [-0.2, -0.15) is 0 Å². The third kappa shape index (κ3) is 4.16. The van der Waals surface area contributed by atoms with Gasteiger partial charge in [0, 0.05) is 12.1 Å². The van der Waals surface area contributed by atoms with Crippen LogP contribution in [0.25, 0.3) is 0 Å². The SMILES string of the molecule is COc1ccc(S(=O)(=O)Nc2ccc(NC3CCCC3)nn2)cc1OC. The fraction of sp³-hybridized carbons (Fsp3) is 0.412. The van der Waals surface area contributed by atoms with Crippen molar-refractivity contribution in [3.05, 3.63) is 30.3 Å². The van der Waals surface area contributed by atoms with Crippen LogP contribution in [-0.2, 0) is 10.0 Å². The van der Waals surface area contributed by atoms with E-state index in [1.54, 1.807) is 12.1 Å². The van der Waals surface area contributed by atoms with Crippen molar-refractivity contribution >= 4 is 21.7 Å². The molecule has 1 aliphatic rings. The lowest BCUT2D eigenvalue weighted by Gasteiger charge is -2.13. The normalized spacial score (nSPS) is 14.8. The Morgan fingerprint density at radius 2 is 1.62 bits per heavy atom. The van der Waals surface area contributed by atoms with Crippen molar-refractivity contribution < 1.29 is 17.9 Å². The number of hydrogen-bond donors (Lipinski definition) is 2. The van der Waals surface area contributed by atoms with E-state index in [1.165, 1.54) is 45.3 Å². The Hall–Kier alpha value is -2.55. The average molecular weight is 378 g/mol. The standard InChI is InChI=1S/C17H22N4O4S/c1-24-14-8-7-13(11-15(14)25-2)26(22,23)21-17-10-9-16(19-20-17)18-12-5-3-4-6-12/h7-12H,3-6H2,1-2H3,(H,18,19)(H,20,21). The van der Waals surface area contributed by atoms with Crippen LogP contribution in [0, 0.1) is 0 Å². The Morgan fingerprint density at radius 1 is 0.962 bits per heavy atom. The topological polar surface area (TPSA) is 102 Å². The van der Waals surface area contributed by atoms with E-state index in [2.05, 4.69) is 20.2 Å². The van der Waals surface area contributed by atoms with Crippen LogP contribution in [0.15, 0.2) is 35.2 Å². The van der Waals surface area contributed by atoms with E-state index in [0.29, 0.717) is 23.4 Å². The predicted molar refractivity (Wildman–Crippen MR) is 98.3 cm³/mol. The Labute approximate surface area is 153 Å². The molecule has 1 aromatic heterocycles. The summed E-state index contributed by atoms with van der Waals surface area (Å²) >= 11 is 0. The molecule has 0 aliphatic heterocycles. The van der Waals surface area contributed by atoms with Gasteiger partial charge in [0.05, 0.1) is 19.1 Å². The maximum atomic E-state index is 12.5. The van der Waals surface area contributed by atoms with Crippen molar-refractivity contribution in [3.63, 3.8) is 0 Å². The number of sulfonamides is 1. The number of benzene rings is 1. The van der Waals surface area contributed by atoms with Crippen molar-refractivity contribution in [3.8, 4) is 11.5 Å². The minimum Gasteiger partial charge on any atom is -0.493 e. The first kappa shape index (κ1) is 18.2. The van der Waals surface area contributed by atoms with Gasteiger partial charge in [0.15, 0.2) is 17.3 Å². The summed E-state index contributed by atoms with van der Waals surface area (Å²) in [6.45, 7) is 0. The highest BCUT2D eigenvalue weighted by Gasteiger charge is 2.19. The van der Waals surface area contributed by atoms with E-state index in [9.17, 15) is 8.42 Å². The molecule has 0 unspecified atom stereocenters. The summed E-state index contributed by atoms with van der Waals surface area (Å²) in [4.78, 5) is 0.0464. The molecule has 0 bridgehead atoms. The van der Waals surface area contributed by atoms with Gasteiger partial charge < -0.3 is 14.8 Å². The zero-order chi connectivity index (χ0) is 18.6. The zero-order valence-electron chi connectivity index (χ0n) is 14.7. The van der Waals surface area contributed by atoms with Gasteiger partial charge in [0.25, 0.3) is 10.0 Å². The highest BCUT2D eigenvalue weighted by Crippen LogP contribution is 2.30. The Bertz CT molecular complexity index is 850. The predicted octanol–water partition coefficient (Wildman–Crippen LogP) is 2.65. The number of methoxy groups -OCH3 is 2. The quantitative estimate of drug-likeness (QED) is 0.763. The van der Waals surface area contributed by atoms with Gasteiger partial charge in [-0.1, -0.05) is 12.8 Å². The molecule has 1 saturated carbocycles. The summed E-state index contributed by atoms with van der Waals surface area (Å²) in [6.07, 6.45) is 4.67. The summed E-state index contributed by atoms with van der Waals surface area (Å²) in [5.41, 5.74) is 0. The maximum Gasteiger partial charge on any atom is 0.263 e. The molecule has 1 aromatic carbocycles. The van der Waals surface area contributed by atoms with Gasteiger partial charge in [0.2, 0.25) is 0 Å². The smallest absolute Gasteiger partial charge is 0.263 e. The first-order valence-electron chi connectivity index (χ1n) is 8.37. The van der Waals surface area contributed by atoms with Crippen LogP contribution in [0.1, 0.15) is 25.7 Å². The second kappa shape index (κ2) is 7.77. The van der Waals surface area contributed by atoms with Crippen LogP contribution in [0.4, 0.5) is 11.6 Å². The lowest BCUT2D eigenvalue weighted by Crippen LogP contribution is -2.17. The summed E-state index contributed by atoms with van der Waals surface area (Å²) in [5, 5.41) is 11.3. The number of rotatable bonds is 7. The van der Waals surface area contributed by atoms with Crippen LogP contribution >= 0.6 is 0 Å². The van der Waals surface area contributed by atoms with Crippen molar-refractivity contribution in [2.75, 3.05) is 24.3 Å². The molecule has 0 amide bonds. The third-order valence-corrected chi connectivity index (χ3v) is 5.63. The second-order valence-corrected chi connectivity index (χ2v) is 7.73. The van der Waals surface area contributed by atoms with E-state index in [0.717, 1.165) is 12.8 Å².